The molecular weight excluding hydrogens is 362 g/mol. The fourth-order valence-corrected chi connectivity index (χ4v) is 3.28. The number of amides is 1. The van der Waals surface area contributed by atoms with Crippen LogP contribution in [0.2, 0.25) is 0 Å². The van der Waals surface area contributed by atoms with Crippen molar-refractivity contribution in [1.29, 1.82) is 0 Å². The summed E-state index contributed by atoms with van der Waals surface area (Å²) >= 11 is 4.50. The lowest BCUT2D eigenvalue weighted by Crippen LogP contribution is -2.30. The van der Waals surface area contributed by atoms with Gasteiger partial charge in [-0.15, -0.1) is 0 Å². The minimum Gasteiger partial charge on any atom is -0.497 e. The van der Waals surface area contributed by atoms with Gasteiger partial charge in [-0.25, -0.2) is 0 Å². The lowest BCUT2D eigenvalue weighted by Gasteiger charge is -2.15. The second-order valence-corrected chi connectivity index (χ2v) is 6.57. The van der Waals surface area contributed by atoms with Gasteiger partial charge in [0, 0.05) is 12.5 Å². The Morgan fingerprint density at radius 1 is 1.44 bits per heavy atom. The lowest BCUT2D eigenvalue weighted by atomic mass is 9.90. The van der Waals surface area contributed by atoms with Crippen LogP contribution in [0.1, 0.15) is 31.7 Å². The zero-order chi connectivity index (χ0) is 18.9. The first-order chi connectivity index (χ1) is 11.9. The molecule has 1 aromatic carbocycles. The predicted octanol–water partition coefficient (Wildman–Crippen LogP) is 1.80. The fraction of sp³-hybridized carbons (Fsp3) is 0.500. The zero-order valence-corrected chi connectivity index (χ0v) is 16.1. The van der Waals surface area contributed by atoms with Crippen molar-refractivity contribution in [3.63, 3.8) is 0 Å². The number of nitrogens with zero attached hydrogens (tertiary/aromatic N) is 1. The Balaban J connectivity index is 0.000000381. The molecule has 0 spiro atoms. The number of ether oxygens (including phenoxy) is 1. The quantitative estimate of drug-likeness (QED) is 0.573. The highest BCUT2D eigenvalue weighted by atomic mass is 32.2. The number of thiocarbonyl (C=S) groups is 1. The number of carbonyl (C=O) groups excluding carboxylic acids is 1. The van der Waals surface area contributed by atoms with Gasteiger partial charge in [0.05, 0.1) is 13.2 Å². The molecule has 2 unspecified atom stereocenters. The molecule has 1 saturated carbocycles. The number of nitrogens with one attached hydrogen (secondary N) is 2. The van der Waals surface area contributed by atoms with Crippen molar-refractivity contribution in [1.82, 2.24) is 10.6 Å². The largest absolute Gasteiger partial charge is 0.497 e. The topological polar surface area (TPSA) is 96.9 Å². The molecule has 1 aliphatic rings. The van der Waals surface area contributed by atoms with Crippen molar-refractivity contribution in [2.24, 2.45) is 4.36 Å². The Hall–Kier alpha value is -2.00. The molecule has 0 radical (unpaired) electrons. The maximum absolute atomic E-state index is 10.7. The van der Waals surface area contributed by atoms with E-state index in [9.17, 15) is 13.2 Å². The molecule has 0 heterocycles. The third kappa shape index (κ3) is 6.09. The van der Waals surface area contributed by atoms with Crippen LogP contribution in [0.3, 0.4) is 0 Å². The van der Waals surface area contributed by atoms with Crippen LogP contribution in [-0.2, 0) is 20.7 Å². The van der Waals surface area contributed by atoms with Crippen LogP contribution in [0.5, 0.6) is 5.75 Å². The van der Waals surface area contributed by atoms with Crippen LogP contribution in [-0.4, -0.2) is 40.1 Å². The standard InChI is InChI=1S/C13H17NO3S.C3H6N2OS/c1-3-8-13(9-12(13)14-18(15)16)10-4-6-11(17-2)7-5-10;1-4-3(7)5-2-6/h4-7,12H,3,8-9H2,1-2H3;2H,1H3,(H2,4,5,6,7). The van der Waals surface area contributed by atoms with Gasteiger partial charge in [0.15, 0.2) is 5.11 Å². The molecule has 0 aliphatic heterocycles. The molecule has 2 N–H and O–H groups in total. The number of rotatable bonds is 6. The van der Waals surface area contributed by atoms with E-state index in [0.29, 0.717) is 11.5 Å². The maximum atomic E-state index is 10.7. The summed E-state index contributed by atoms with van der Waals surface area (Å²) in [6.07, 6.45) is 3.33. The van der Waals surface area contributed by atoms with E-state index in [0.717, 1.165) is 30.6 Å². The smallest absolute Gasteiger partial charge is 0.311 e. The molecule has 0 saturated heterocycles. The van der Waals surface area contributed by atoms with Crippen molar-refractivity contribution in [2.75, 3.05) is 14.2 Å². The first-order valence-electron chi connectivity index (χ1n) is 7.80. The molecule has 1 aliphatic carbocycles. The van der Waals surface area contributed by atoms with Crippen LogP contribution in [0.15, 0.2) is 28.6 Å². The summed E-state index contributed by atoms with van der Waals surface area (Å²) in [7, 11) is 0.957. The average molecular weight is 386 g/mol. The molecule has 1 aromatic rings. The Morgan fingerprint density at radius 3 is 2.48 bits per heavy atom. The van der Waals surface area contributed by atoms with Gasteiger partial charge in [-0.05, 0) is 42.8 Å². The van der Waals surface area contributed by atoms with Crippen molar-refractivity contribution in [3.8, 4) is 5.75 Å². The van der Waals surface area contributed by atoms with E-state index in [1.807, 2.05) is 24.3 Å². The number of carbonyl (C=O) groups is 1. The molecule has 0 aromatic heterocycles. The van der Waals surface area contributed by atoms with Gasteiger partial charge in [0.1, 0.15) is 5.75 Å². The summed E-state index contributed by atoms with van der Waals surface area (Å²) in [6, 6.07) is 7.76. The Kier molecular flexibility index (Phi) is 8.50. The van der Waals surface area contributed by atoms with Gasteiger partial charge in [-0.3, -0.25) is 4.79 Å². The third-order valence-electron chi connectivity index (χ3n) is 4.03. The van der Waals surface area contributed by atoms with Crippen LogP contribution in [0.4, 0.5) is 0 Å². The van der Waals surface area contributed by atoms with Crippen molar-refractivity contribution < 1.29 is 17.9 Å². The summed E-state index contributed by atoms with van der Waals surface area (Å²) in [5.74, 6) is 0.812. The first-order valence-corrected chi connectivity index (χ1v) is 9.24. The Morgan fingerprint density at radius 2 is 2.08 bits per heavy atom. The number of methoxy groups -OCH3 is 1. The van der Waals surface area contributed by atoms with E-state index >= 15 is 0 Å². The third-order valence-corrected chi connectivity index (χ3v) is 4.78. The SMILES string of the molecule is CCCC1(c2ccc(OC)cc2)CC1N=S(=O)=O.CNC(=S)NC=O. The normalized spacial score (nSPS) is 20.4. The van der Waals surface area contributed by atoms with E-state index in [2.05, 4.69) is 34.1 Å². The van der Waals surface area contributed by atoms with Crippen molar-refractivity contribution >= 4 is 34.2 Å². The van der Waals surface area contributed by atoms with Gasteiger partial charge in [0.2, 0.25) is 6.41 Å². The molecule has 1 amide bonds. The summed E-state index contributed by atoms with van der Waals surface area (Å²) < 4.78 is 30.3. The van der Waals surface area contributed by atoms with Crippen molar-refractivity contribution in [3.05, 3.63) is 29.8 Å². The highest BCUT2D eigenvalue weighted by Crippen LogP contribution is 2.54. The monoisotopic (exact) mass is 385 g/mol. The molecule has 7 nitrogen and oxygen atoms in total. The second kappa shape index (κ2) is 10.1. The summed E-state index contributed by atoms with van der Waals surface area (Å²) in [6.45, 7) is 2.11. The molecule has 25 heavy (non-hydrogen) atoms. The predicted molar refractivity (Wildman–Crippen MR) is 100 cm³/mol. The minimum absolute atomic E-state index is 0.0823. The van der Waals surface area contributed by atoms with Gasteiger partial charge < -0.3 is 15.4 Å². The molecule has 2 atom stereocenters. The van der Waals surface area contributed by atoms with Gasteiger partial charge in [-0.2, -0.15) is 12.8 Å². The molecular formula is C16H23N3O4S2. The molecule has 1 fully saturated rings. The maximum Gasteiger partial charge on any atom is 0.311 e. The first kappa shape index (κ1) is 21.0. The number of benzene rings is 1. The second-order valence-electron chi connectivity index (χ2n) is 5.52. The van der Waals surface area contributed by atoms with Crippen LogP contribution in [0, 0.1) is 0 Å². The highest BCUT2D eigenvalue weighted by molar-refractivity contribution is 7.80. The van der Waals surface area contributed by atoms with Gasteiger partial charge in [-0.1, -0.05) is 25.5 Å². The average Bonchev–Trinajstić information content (AvgIpc) is 3.28. The molecule has 138 valence electrons. The number of hydrogen-bond donors (Lipinski definition) is 2. The van der Waals surface area contributed by atoms with E-state index in [4.69, 9.17) is 4.74 Å². The van der Waals surface area contributed by atoms with Crippen LogP contribution >= 0.6 is 12.2 Å². The summed E-state index contributed by atoms with van der Waals surface area (Å²) in [5.41, 5.74) is 1.07. The highest BCUT2D eigenvalue weighted by Gasteiger charge is 2.55. The summed E-state index contributed by atoms with van der Waals surface area (Å²) in [5, 5.41) is 5.13. The molecule has 0 bridgehead atoms. The van der Waals surface area contributed by atoms with E-state index in [1.165, 1.54) is 0 Å². The number of hydrogen-bond acceptors (Lipinski definition) is 6. The Bertz CT molecular complexity index is 711. The van der Waals surface area contributed by atoms with E-state index in [1.54, 1.807) is 14.2 Å². The lowest BCUT2D eigenvalue weighted by molar-refractivity contribution is -0.108. The fourth-order valence-electron chi connectivity index (χ4n) is 2.75. The minimum atomic E-state index is -2.31. The summed E-state index contributed by atoms with van der Waals surface area (Å²) in [4.78, 5) is 9.54. The molecule has 2 rings (SSSR count). The van der Waals surface area contributed by atoms with Crippen molar-refractivity contribution in [2.45, 2.75) is 37.6 Å². The molecule has 9 heteroatoms. The zero-order valence-electron chi connectivity index (χ0n) is 14.5. The van der Waals surface area contributed by atoms with Gasteiger partial charge >= 0.3 is 10.5 Å². The Labute approximate surface area is 154 Å². The van der Waals surface area contributed by atoms with Crippen LogP contribution in [0.25, 0.3) is 0 Å². The van der Waals surface area contributed by atoms with E-state index in [-0.39, 0.29) is 11.5 Å². The van der Waals surface area contributed by atoms with E-state index < -0.39 is 10.5 Å². The van der Waals surface area contributed by atoms with Crippen LogP contribution < -0.4 is 15.4 Å². The van der Waals surface area contributed by atoms with Gasteiger partial charge in [0.25, 0.3) is 0 Å².